The molecule has 0 aliphatic heterocycles. The van der Waals surface area contributed by atoms with E-state index in [9.17, 15) is 4.79 Å². The minimum atomic E-state index is -0.754. The standard InChI is InChI=1S/C13H10N4O3.C13H11N3O3/c1-7-9(13-15-12(11(14)18)17-20-13)10(16-19-7)8-5-3-2-4-6-8;1-8-11(13-14-10(7-17)15-19-13)12(16-18-8)9-5-3-2-4-6-9/h2-6H,1H3,(H2,14,18);2-6,17H,7H2,1H3. The third-order valence-corrected chi connectivity index (χ3v) is 5.50. The molecule has 4 aromatic heterocycles. The van der Waals surface area contributed by atoms with Crippen molar-refractivity contribution >= 4 is 5.91 Å². The predicted octanol–water partition coefficient (Wildman–Crippen LogP) is 3.99. The average Bonchev–Trinajstić information content (AvgIpc) is 3.76. The van der Waals surface area contributed by atoms with Crippen molar-refractivity contribution in [3.63, 3.8) is 0 Å². The molecule has 0 fully saturated rings. The Hall–Kier alpha value is -5.43. The molecule has 13 nitrogen and oxygen atoms in total. The minimum absolute atomic E-state index is 0.149. The third-order valence-electron chi connectivity index (χ3n) is 5.50. The van der Waals surface area contributed by atoms with Crippen LogP contribution in [-0.4, -0.2) is 41.6 Å². The molecule has 0 unspecified atom stereocenters. The van der Waals surface area contributed by atoms with Gasteiger partial charge < -0.3 is 28.9 Å². The van der Waals surface area contributed by atoms with Crippen LogP contribution in [0.25, 0.3) is 45.4 Å². The van der Waals surface area contributed by atoms with Gasteiger partial charge >= 0.3 is 0 Å². The molecule has 196 valence electrons. The molecule has 6 rings (SSSR count). The number of aromatic nitrogens is 6. The van der Waals surface area contributed by atoms with Crippen LogP contribution in [0.4, 0.5) is 0 Å². The van der Waals surface area contributed by atoms with Crippen LogP contribution >= 0.6 is 0 Å². The number of hydrogen-bond donors (Lipinski definition) is 2. The van der Waals surface area contributed by atoms with Gasteiger partial charge in [0.1, 0.15) is 40.6 Å². The number of rotatable bonds is 6. The van der Waals surface area contributed by atoms with Gasteiger partial charge in [0.2, 0.25) is 0 Å². The number of carbonyl (C=O) groups excluding carboxylic acids is 1. The van der Waals surface area contributed by atoms with Crippen LogP contribution in [0.5, 0.6) is 0 Å². The van der Waals surface area contributed by atoms with E-state index in [-0.39, 0.29) is 24.1 Å². The van der Waals surface area contributed by atoms with Crippen LogP contribution in [-0.2, 0) is 6.61 Å². The van der Waals surface area contributed by atoms with Gasteiger partial charge in [-0.15, -0.1) is 0 Å². The summed E-state index contributed by atoms with van der Waals surface area (Å²) >= 11 is 0. The van der Waals surface area contributed by atoms with E-state index in [1.54, 1.807) is 13.8 Å². The van der Waals surface area contributed by atoms with E-state index < -0.39 is 5.91 Å². The fourth-order valence-corrected chi connectivity index (χ4v) is 3.68. The Morgan fingerprint density at radius 1 is 0.718 bits per heavy atom. The van der Waals surface area contributed by atoms with Crippen LogP contribution in [0.1, 0.15) is 28.0 Å². The zero-order valence-electron chi connectivity index (χ0n) is 20.7. The van der Waals surface area contributed by atoms with Crippen molar-refractivity contribution in [2.24, 2.45) is 5.73 Å². The number of nitrogens with two attached hydrogens (primary N) is 1. The molecule has 0 aliphatic carbocycles. The number of aryl methyl sites for hydroxylation is 2. The molecule has 0 bridgehead atoms. The van der Waals surface area contributed by atoms with Crippen molar-refractivity contribution in [1.29, 1.82) is 0 Å². The van der Waals surface area contributed by atoms with E-state index in [1.807, 2.05) is 60.7 Å². The molecule has 0 saturated heterocycles. The van der Waals surface area contributed by atoms with Crippen LogP contribution in [0.2, 0.25) is 0 Å². The lowest BCUT2D eigenvalue weighted by molar-refractivity contribution is 0.0987. The monoisotopic (exact) mass is 527 g/mol. The van der Waals surface area contributed by atoms with Gasteiger partial charge in [-0.2, -0.15) is 9.97 Å². The van der Waals surface area contributed by atoms with Gasteiger partial charge in [0.25, 0.3) is 23.5 Å². The lowest BCUT2D eigenvalue weighted by Crippen LogP contribution is -2.12. The summed E-state index contributed by atoms with van der Waals surface area (Å²) in [6.45, 7) is 3.23. The van der Waals surface area contributed by atoms with E-state index in [1.165, 1.54) is 0 Å². The van der Waals surface area contributed by atoms with E-state index in [2.05, 4.69) is 30.6 Å². The first-order chi connectivity index (χ1) is 19.0. The maximum absolute atomic E-state index is 11.0. The van der Waals surface area contributed by atoms with Gasteiger partial charge in [-0.25, -0.2) is 0 Å². The summed E-state index contributed by atoms with van der Waals surface area (Å²) in [6.07, 6.45) is 0. The Morgan fingerprint density at radius 2 is 1.21 bits per heavy atom. The van der Waals surface area contributed by atoms with Crippen LogP contribution < -0.4 is 5.73 Å². The summed E-state index contributed by atoms with van der Waals surface area (Å²) < 4.78 is 20.6. The molecular formula is C26H21N7O6. The molecule has 0 atom stereocenters. The molecule has 6 aromatic rings. The van der Waals surface area contributed by atoms with Crippen LogP contribution in [0.3, 0.4) is 0 Å². The minimum Gasteiger partial charge on any atom is -0.388 e. The lowest BCUT2D eigenvalue weighted by Gasteiger charge is -1.97. The normalized spacial score (nSPS) is 10.7. The summed E-state index contributed by atoms with van der Waals surface area (Å²) in [6, 6.07) is 19.0. The molecule has 0 saturated carbocycles. The topological polar surface area (TPSA) is 193 Å². The fraction of sp³-hybridized carbons (Fsp3) is 0.115. The van der Waals surface area contributed by atoms with Crippen LogP contribution in [0.15, 0.2) is 78.8 Å². The number of primary amides is 1. The highest BCUT2D eigenvalue weighted by atomic mass is 16.5. The molecule has 3 N–H and O–H groups in total. The number of carbonyl (C=O) groups is 1. The summed E-state index contributed by atoms with van der Waals surface area (Å²) in [5.41, 5.74) is 9.27. The molecular weight excluding hydrogens is 506 g/mol. The summed E-state index contributed by atoms with van der Waals surface area (Å²) in [7, 11) is 0. The summed E-state index contributed by atoms with van der Waals surface area (Å²) in [5.74, 6) is 0.846. The first-order valence-electron chi connectivity index (χ1n) is 11.6. The van der Waals surface area contributed by atoms with Gasteiger partial charge in [0.15, 0.2) is 5.82 Å². The highest BCUT2D eigenvalue weighted by molar-refractivity contribution is 5.89. The summed E-state index contributed by atoms with van der Waals surface area (Å²) in [4.78, 5) is 19.1. The van der Waals surface area contributed by atoms with Gasteiger partial charge in [0.05, 0.1) is 0 Å². The fourth-order valence-electron chi connectivity index (χ4n) is 3.68. The van der Waals surface area contributed by atoms with Gasteiger partial charge in [-0.3, -0.25) is 4.79 Å². The van der Waals surface area contributed by atoms with Crippen molar-refractivity contribution in [3.05, 3.63) is 83.8 Å². The van der Waals surface area contributed by atoms with Gasteiger partial charge in [-0.05, 0) is 13.8 Å². The molecule has 0 spiro atoms. The van der Waals surface area contributed by atoms with Crippen molar-refractivity contribution in [2.75, 3.05) is 0 Å². The average molecular weight is 527 g/mol. The summed E-state index contributed by atoms with van der Waals surface area (Å²) in [5, 5.41) is 24.2. The number of aliphatic hydroxyl groups is 1. The van der Waals surface area contributed by atoms with Gasteiger partial charge in [-0.1, -0.05) is 81.3 Å². The smallest absolute Gasteiger partial charge is 0.290 e. The van der Waals surface area contributed by atoms with Crippen molar-refractivity contribution in [3.8, 4) is 45.4 Å². The molecule has 0 aliphatic rings. The Labute approximate surface area is 220 Å². The highest BCUT2D eigenvalue weighted by Crippen LogP contribution is 2.34. The van der Waals surface area contributed by atoms with Crippen molar-refractivity contribution < 1.29 is 28.0 Å². The SMILES string of the molecule is Cc1onc(-c2ccccc2)c1-c1nc(C(N)=O)no1.Cc1onc(-c2ccccc2)c1-c1nc(CO)no1. The highest BCUT2D eigenvalue weighted by Gasteiger charge is 2.23. The molecule has 4 heterocycles. The zero-order chi connectivity index (χ0) is 27.4. The van der Waals surface area contributed by atoms with Crippen molar-refractivity contribution in [1.82, 2.24) is 30.6 Å². The first-order valence-corrected chi connectivity index (χ1v) is 11.6. The Balaban J connectivity index is 0.000000158. The number of aliphatic hydroxyl groups excluding tert-OH is 1. The maximum atomic E-state index is 11.0. The Morgan fingerprint density at radius 3 is 1.64 bits per heavy atom. The lowest BCUT2D eigenvalue weighted by atomic mass is 10.1. The first kappa shape index (κ1) is 25.2. The van der Waals surface area contributed by atoms with Crippen molar-refractivity contribution in [2.45, 2.75) is 20.5 Å². The van der Waals surface area contributed by atoms with Crippen LogP contribution in [0, 0.1) is 13.8 Å². The second-order valence-corrected chi connectivity index (χ2v) is 8.12. The third kappa shape index (κ3) is 5.19. The number of nitrogens with zero attached hydrogens (tertiary/aromatic N) is 6. The maximum Gasteiger partial charge on any atom is 0.290 e. The number of amides is 1. The predicted molar refractivity (Wildman–Crippen MR) is 134 cm³/mol. The molecule has 2 aromatic carbocycles. The molecule has 0 radical (unpaired) electrons. The van der Waals surface area contributed by atoms with E-state index >= 15 is 0 Å². The van der Waals surface area contributed by atoms with E-state index in [4.69, 9.17) is 28.9 Å². The second kappa shape index (κ2) is 10.9. The molecule has 1 amide bonds. The zero-order valence-corrected chi connectivity index (χ0v) is 20.7. The molecule has 39 heavy (non-hydrogen) atoms. The second-order valence-electron chi connectivity index (χ2n) is 8.12. The number of hydrogen-bond acceptors (Lipinski definition) is 12. The Bertz CT molecular complexity index is 1700. The Kier molecular flexibility index (Phi) is 7.05. The van der Waals surface area contributed by atoms with E-state index in [0.29, 0.717) is 39.9 Å². The van der Waals surface area contributed by atoms with Gasteiger partial charge in [0, 0.05) is 11.1 Å². The molecule has 13 heteroatoms. The largest absolute Gasteiger partial charge is 0.388 e. The quantitative estimate of drug-likeness (QED) is 0.317. The number of benzene rings is 2. The van der Waals surface area contributed by atoms with E-state index in [0.717, 1.165) is 11.1 Å².